The maximum Gasteiger partial charge on any atom is 0.262 e. The van der Waals surface area contributed by atoms with Crippen LogP contribution in [0.25, 0.3) is 0 Å². The summed E-state index contributed by atoms with van der Waals surface area (Å²) in [5, 5.41) is 18.3. The number of rotatable bonds is 10. The minimum Gasteiger partial charge on any atom is -0.381 e. The Bertz CT molecular complexity index is 2200. The number of hydrogen-bond donors (Lipinski definition) is 3. The van der Waals surface area contributed by atoms with Gasteiger partial charge in [0.1, 0.15) is 17.9 Å². The number of benzene rings is 3. The van der Waals surface area contributed by atoms with Crippen LogP contribution in [0, 0.1) is 28.5 Å². The van der Waals surface area contributed by atoms with Crippen molar-refractivity contribution in [1.82, 2.24) is 20.4 Å². The van der Waals surface area contributed by atoms with Crippen molar-refractivity contribution in [3.8, 4) is 6.07 Å². The lowest BCUT2D eigenvalue weighted by Crippen LogP contribution is -2.54. The van der Waals surface area contributed by atoms with E-state index in [-0.39, 0.29) is 46.9 Å². The van der Waals surface area contributed by atoms with Crippen LogP contribution >= 0.6 is 11.6 Å². The van der Waals surface area contributed by atoms with Crippen LogP contribution in [0.2, 0.25) is 5.02 Å². The van der Waals surface area contributed by atoms with Crippen LogP contribution in [0.1, 0.15) is 82.1 Å². The first-order valence-corrected chi connectivity index (χ1v) is 20.4. The third-order valence-electron chi connectivity index (χ3n) is 12.6. The van der Waals surface area contributed by atoms with E-state index < -0.39 is 35.5 Å². The Morgan fingerprint density at radius 3 is 2.40 bits per heavy atom. The zero-order valence-electron chi connectivity index (χ0n) is 32.4. The van der Waals surface area contributed by atoms with E-state index in [9.17, 15) is 33.6 Å². The molecule has 13 nitrogen and oxygen atoms in total. The highest BCUT2D eigenvalue weighted by molar-refractivity contribution is 6.32. The standard InChI is InChI=1S/C43H46ClFN8O5/c1-26-21-43(25-52(26)31-7-4-29(22-46)34(44)18-31)11-16-50(17-12-43)30-5-2-28(3-6-30)40(56)51-15-10-27(24-51)23-47-13-14-48-36-20-33-32(19-35(36)45)41(57)53(42(33)58)37-8-9-38(54)49-39(37)55/h2-7,18-20,26-27,37,47-48H,8-17,21,23-25H2,1H3,(H,49,54,55)/t26-,27-,37?/m0/s1. The van der Waals surface area contributed by atoms with E-state index in [1.54, 1.807) is 6.07 Å². The molecule has 3 atom stereocenters. The number of imide groups is 2. The molecule has 0 bridgehead atoms. The summed E-state index contributed by atoms with van der Waals surface area (Å²) in [7, 11) is 0. The number of nitrogens with one attached hydrogen (secondary N) is 3. The number of piperidine rings is 2. The maximum atomic E-state index is 15.0. The molecular formula is C43H46ClFN8O5. The fourth-order valence-corrected chi connectivity index (χ4v) is 9.66. The van der Waals surface area contributed by atoms with Crippen LogP contribution in [0.3, 0.4) is 0 Å². The fourth-order valence-electron chi connectivity index (χ4n) is 9.44. The van der Waals surface area contributed by atoms with E-state index in [0.717, 1.165) is 67.7 Å². The van der Waals surface area contributed by atoms with Crippen molar-refractivity contribution in [2.24, 2.45) is 11.3 Å². The van der Waals surface area contributed by atoms with Crippen LogP contribution in [0.4, 0.5) is 21.5 Å². The molecule has 3 aromatic carbocycles. The molecule has 3 aromatic rings. The minimum absolute atomic E-state index is 0.00297. The van der Waals surface area contributed by atoms with Crippen molar-refractivity contribution in [3.05, 3.63) is 87.7 Å². The quantitative estimate of drug-likeness (QED) is 0.192. The predicted octanol–water partition coefficient (Wildman–Crippen LogP) is 4.80. The van der Waals surface area contributed by atoms with Gasteiger partial charge in [0, 0.05) is 75.2 Å². The first kappa shape index (κ1) is 39.3. The molecule has 1 spiro atoms. The molecule has 8 rings (SSSR count). The highest BCUT2D eigenvalue weighted by Crippen LogP contribution is 2.46. The van der Waals surface area contributed by atoms with E-state index in [1.807, 2.05) is 29.2 Å². The summed E-state index contributed by atoms with van der Waals surface area (Å²) < 4.78 is 15.0. The van der Waals surface area contributed by atoms with E-state index in [0.29, 0.717) is 54.9 Å². The van der Waals surface area contributed by atoms with Gasteiger partial charge in [0.15, 0.2) is 0 Å². The van der Waals surface area contributed by atoms with Crippen molar-refractivity contribution in [2.75, 3.05) is 67.5 Å². The molecule has 15 heteroatoms. The number of halogens is 2. The van der Waals surface area contributed by atoms with Crippen LogP contribution in [-0.4, -0.2) is 104 Å². The summed E-state index contributed by atoms with van der Waals surface area (Å²) >= 11 is 6.36. The third-order valence-corrected chi connectivity index (χ3v) is 12.9. The summed E-state index contributed by atoms with van der Waals surface area (Å²) in [6.07, 6.45) is 4.18. The fraction of sp³-hybridized carbons (Fsp3) is 0.442. The number of carbonyl (C=O) groups excluding carboxylic acids is 5. The summed E-state index contributed by atoms with van der Waals surface area (Å²) in [5.74, 6) is -3.03. The van der Waals surface area contributed by atoms with Gasteiger partial charge < -0.3 is 25.3 Å². The maximum absolute atomic E-state index is 15.0. The van der Waals surface area contributed by atoms with Crippen molar-refractivity contribution in [1.29, 1.82) is 5.26 Å². The van der Waals surface area contributed by atoms with Gasteiger partial charge in [-0.3, -0.25) is 34.2 Å². The van der Waals surface area contributed by atoms with Crippen LogP contribution in [0.5, 0.6) is 0 Å². The Morgan fingerprint density at radius 1 is 0.966 bits per heavy atom. The number of likely N-dealkylation sites (tertiary alicyclic amines) is 1. The Morgan fingerprint density at radius 2 is 1.69 bits per heavy atom. The van der Waals surface area contributed by atoms with E-state index in [1.165, 1.54) is 6.07 Å². The van der Waals surface area contributed by atoms with Crippen molar-refractivity contribution in [3.63, 3.8) is 0 Å². The van der Waals surface area contributed by atoms with Gasteiger partial charge in [-0.1, -0.05) is 11.6 Å². The molecule has 0 saturated carbocycles. The van der Waals surface area contributed by atoms with Crippen LogP contribution in [-0.2, 0) is 9.59 Å². The minimum atomic E-state index is -1.12. The Labute approximate surface area is 341 Å². The van der Waals surface area contributed by atoms with Crippen molar-refractivity contribution in [2.45, 2.75) is 57.5 Å². The molecule has 5 amide bonds. The lowest BCUT2D eigenvalue weighted by Gasteiger charge is -2.40. The number of nitriles is 1. The van der Waals surface area contributed by atoms with Crippen molar-refractivity contribution >= 4 is 58.2 Å². The largest absolute Gasteiger partial charge is 0.381 e. The highest BCUT2D eigenvalue weighted by atomic mass is 35.5. The van der Waals surface area contributed by atoms with Gasteiger partial charge in [0.05, 0.1) is 27.4 Å². The molecule has 0 aliphatic carbocycles. The number of amides is 5. The third kappa shape index (κ3) is 7.60. The van der Waals surface area contributed by atoms with E-state index >= 15 is 0 Å². The number of carbonyl (C=O) groups is 5. The molecule has 58 heavy (non-hydrogen) atoms. The Hall–Kier alpha value is -5.52. The lowest BCUT2D eigenvalue weighted by molar-refractivity contribution is -0.136. The molecule has 0 aromatic heterocycles. The van der Waals surface area contributed by atoms with Crippen LogP contribution in [0.15, 0.2) is 54.6 Å². The van der Waals surface area contributed by atoms with Crippen molar-refractivity contribution < 1.29 is 28.4 Å². The molecule has 302 valence electrons. The summed E-state index contributed by atoms with van der Waals surface area (Å²) in [5.41, 5.74) is 3.57. The molecule has 1 unspecified atom stereocenters. The average molecular weight is 809 g/mol. The van der Waals surface area contributed by atoms with Gasteiger partial charge in [-0.05, 0) is 112 Å². The van der Waals surface area contributed by atoms with Gasteiger partial charge in [0.2, 0.25) is 11.8 Å². The summed E-state index contributed by atoms with van der Waals surface area (Å²) in [4.78, 5) is 70.9. The molecule has 4 saturated heterocycles. The number of nitrogens with zero attached hydrogens (tertiary/aromatic N) is 5. The Balaban J connectivity index is 0.768. The summed E-state index contributed by atoms with van der Waals surface area (Å²) in [6, 6.07) is 17.4. The van der Waals surface area contributed by atoms with E-state index in [4.69, 9.17) is 11.6 Å². The molecule has 4 fully saturated rings. The van der Waals surface area contributed by atoms with E-state index in [2.05, 4.69) is 50.9 Å². The van der Waals surface area contributed by atoms with Gasteiger partial charge in [-0.2, -0.15) is 5.26 Å². The zero-order valence-corrected chi connectivity index (χ0v) is 33.1. The second kappa shape index (κ2) is 16.0. The second-order valence-corrected chi connectivity index (χ2v) is 16.8. The monoisotopic (exact) mass is 808 g/mol. The molecule has 0 radical (unpaired) electrons. The smallest absolute Gasteiger partial charge is 0.262 e. The topological polar surface area (TPSA) is 158 Å². The van der Waals surface area contributed by atoms with Gasteiger partial charge in [0.25, 0.3) is 17.7 Å². The summed E-state index contributed by atoms with van der Waals surface area (Å²) in [6.45, 7) is 7.97. The predicted molar refractivity (Wildman–Crippen MR) is 216 cm³/mol. The van der Waals surface area contributed by atoms with Gasteiger partial charge in [-0.25, -0.2) is 4.39 Å². The lowest BCUT2D eigenvalue weighted by atomic mass is 9.76. The Kier molecular flexibility index (Phi) is 10.9. The first-order chi connectivity index (χ1) is 27.9. The average Bonchev–Trinajstić information content (AvgIpc) is 3.88. The molecule has 3 N–H and O–H groups in total. The van der Waals surface area contributed by atoms with Gasteiger partial charge in [-0.15, -0.1) is 0 Å². The zero-order chi connectivity index (χ0) is 40.7. The number of hydrogen-bond acceptors (Lipinski definition) is 10. The molecule has 5 aliphatic rings. The first-order valence-electron chi connectivity index (χ1n) is 20.0. The van der Waals surface area contributed by atoms with Gasteiger partial charge >= 0.3 is 0 Å². The molecule has 5 heterocycles. The normalized spacial score (nSPS) is 22.8. The van der Waals surface area contributed by atoms with Crippen LogP contribution < -0.4 is 25.8 Å². The number of fused-ring (bicyclic) bond motifs is 1. The highest BCUT2D eigenvalue weighted by Gasteiger charge is 2.46. The molecule has 5 aliphatic heterocycles. The number of anilines is 3. The SMILES string of the molecule is C[C@H]1CC2(CCN(c3ccc(C(=O)N4CC[C@@H](CNCCNc5cc6c(cc5F)C(=O)N(C5CCC(=O)NC5=O)C6=O)C4)cc3)CC2)CN1c1ccc(C#N)c(Cl)c1. The molecular weight excluding hydrogens is 763 g/mol. The second-order valence-electron chi connectivity index (χ2n) is 16.4.